The molecule has 3 rings (SSSR count). The molecule has 4 nitrogen and oxygen atoms in total. The molecule has 1 N–H and O–H groups in total. The number of likely N-dealkylation sites (tertiary alicyclic amines) is 1. The summed E-state index contributed by atoms with van der Waals surface area (Å²) in [5.74, 6) is 0.701. The topological polar surface area (TPSA) is 41.6 Å². The van der Waals surface area contributed by atoms with Gasteiger partial charge in [-0.25, -0.2) is 4.39 Å². The zero-order valence-corrected chi connectivity index (χ0v) is 15.5. The van der Waals surface area contributed by atoms with Gasteiger partial charge in [-0.05, 0) is 44.0 Å². The van der Waals surface area contributed by atoms with Crippen LogP contribution < -0.4 is 10.1 Å². The molecule has 0 aliphatic carbocycles. The van der Waals surface area contributed by atoms with Crippen LogP contribution in [-0.2, 0) is 4.79 Å². The third-order valence-electron chi connectivity index (χ3n) is 5.10. The van der Waals surface area contributed by atoms with Gasteiger partial charge in [0.1, 0.15) is 11.9 Å². The number of hydrogen-bond acceptors (Lipinski definition) is 3. The van der Waals surface area contributed by atoms with Gasteiger partial charge in [-0.15, -0.1) is 0 Å². The molecule has 0 radical (unpaired) electrons. The van der Waals surface area contributed by atoms with Crippen LogP contribution in [0, 0.1) is 5.92 Å². The van der Waals surface area contributed by atoms with E-state index in [0.29, 0.717) is 13.0 Å². The highest BCUT2D eigenvalue weighted by molar-refractivity contribution is 9.10. The van der Waals surface area contributed by atoms with Crippen molar-refractivity contribution in [3.8, 4) is 5.75 Å². The van der Waals surface area contributed by atoms with E-state index < -0.39 is 6.17 Å². The molecule has 1 amide bonds. The minimum atomic E-state index is -0.927. The predicted octanol–water partition coefficient (Wildman–Crippen LogP) is 3.46. The van der Waals surface area contributed by atoms with Gasteiger partial charge in [-0.2, -0.15) is 0 Å². The average Bonchev–Trinajstić information content (AvgIpc) is 3.06. The average molecular weight is 399 g/mol. The molecular formula is C18H24BrFN2O2. The lowest BCUT2D eigenvalue weighted by Gasteiger charge is -2.31. The number of rotatable bonds is 4. The molecule has 0 aromatic heterocycles. The summed E-state index contributed by atoms with van der Waals surface area (Å²) < 4.78 is 20.5. The predicted molar refractivity (Wildman–Crippen MR) is 94.9 cm³/mol. The Morgan fingerprint density at radius 2 is 2.29 bits per heavy atom. The Balaban J connectivity index is 1.75. The molecule has 2 aliphatic heterocycles. The molecule has 6 heteroatoms. The van der Waals surface area contributed by atoms with Gasteiger partial charge in [-0.1, -0.05) is 15.9 Å². The fourth-order valence-electron chi connectivity index (χ4n) is 3.80. The summed E-state index contributed by atoms with van der Waals surface area (Å²) in [5.41, 5.74) is 1.03. The first-order chi connectivity index (χ1) is 11.6. The fourth-order valence-corrected chi connectivity index (χ4v) is 4.18. The molecule has 2 saturated heterocycles. The summed E-state index contributed by atoms with van der Waals surface area (Å²) in [4.78, 5) is 14.7. The number of carbonyl (C=O) groups is 1. The van der Waals surface area contributed by atoms with Crippen LogP contribution in [0.5, 0.6) is 5.75 Å². The number of hydrogen-bond donors (Lipinski definition) is 1. The second-order valence-electron chi connectivity index (χ2n) is 6.60. The van der Waals surface area contributed by atoms with Crippen LogP contribution >= 0.6 is 15.9 Å². The van der Waals surface area contributed by atoms with E-state index in [4.69, 9.17) is 4.74 Å². The van der Waals surface area contributed by atoms with Crippen molar-refractivity contribution in [2.45, 2.75) is 37.9 Å². The molecule has 24 heavy (non-hydrogen) atoms. The van der Waals surface area contributed by atoms with Crippen LogP contribution in [-0.4, -0.2) is 43.7 Å². The Morgan fingerprint density at radius 3 is 3.04 bits per heavy atom. The molecule has 2 aliphatic rings. The minimum Gasteiger partial charge on any atom is -0.496 e. The van der Waals surface area contributed by atoms with Gasteiger partial charge in [0, 0.05) is 35.5 Å². The molecule has 0 saturated carbocycles. The van der Waals surface area contributed by atoms with Crippen LogP contribution in [0.3, 0.4) is 0 Å². The second kappa shape index (κ2) is 7.83. The molecule has 0 bridgehead atoms. The smallest absolute Gasteiger partial charge is 0.223 e. The van der Waals surface area contributed by atoms with Gasteiger partial charge >= 0.3 is 0 Å². The zero-order valence-electron chi connectivity index (χ0n) is 13.9. The Hall–Kier alpha value is -1.14. The molecule has 1 aromatic carbocycles. The lowest BCUT2D eigenvalue weighted by molar-refractivity contribution is -0.134. The highest BCUT2D eigenvalue weighted by Crippen LogP contribution is 2.39. The van der Waals surface area contributed by atoms with Crippen molar-refractivity contribution in [1.82, 2.24) is 10.2 Å². The molecule has 0 spiro atoms. The van der Waals surface area contributed by atoms with E-state index in [-0.39, 0.29) is 17.9 Å². The molecule has 2 fully saturated rings. The zero-order chi connectivity index (χ0) is 17.1. The van der Waals surface area contributed by atoms with Crippen molar-refractivity contribution in [2.75, 3.05) is 26.7 Å². The molecule has 132 valence electrons. The standard InChI is InChI=1S/C18H24BrFN2O2/c1-24-17-5-4-13(19)10-14(17)16-3-2-8-22(16)18(23)9-12-6-7-21-11-15(12)20/h4-5,10,12,15-16,21H,2-3,6-9,11H2,1H3. The fraction of sp³-hybridized carbons (Fsp3) is 0.611. The normalized spacial score (nSPS) is 27.3. The summed E-state index contributed by atoms with van der Waals surface area (Å²) in [7, 11) is 1.65. The third-order valence-corrected chi connectivity index (χ3v) is 5.60. The molecule has 1 aromatic rings. The largest absolute Gasteiger partial charge is 0.496 e. The van der Waals surface area contributed by atoms with Gasteiger partial charge in [0.25, 0.3) is 0 Å². The van der Waals surface area contributed by atoms with Gasteiger partial charge in [0.15, 0.2) is 0 Å². The number of carbonyl (C=O) groups excluding carboxylic acids is 1. The van der Waals surface area contributed by atoms with E-state index in [1.807, 2.05) is 23.1 Å². The van der Waals surface area contributed by atoms with Crippen LogP contribution in [0.2, 0.25) is 0 Å². The SMILES string of the molecule is COc1ccc(Br)cc1C1CCCN1C(=O)CC1CCNCC1F. The Labute approximate surface area is 150 Å². The number of methoxy groups -OCH3 is 1. The number of benzene rings is 1. The maximum atomic E-state index is 14.0. The van der Waals surface area contributed by atoms with Crippen molar-refractivity contribution in [3.05, 3.63) is 28.2 Å². The number of alkyl halides is 1. The number of nitrogens with zero attached hydrogens (tertiary/aromatic N) is 1. The highest BCUT2D eigenvalue weighted by atomic mass is 79.9. The summed E-state index contributed by atoms with van der Waals surface area (Å²) in [6, 6.07) is 5.90. The lowest BCUT2D eigenvalue weighted by atomic mass is 9.92. The van der Waals surface area contributed by atoms with Crippen LogP contribution in [0.25, 0.3) is 0 Å². The Bertz CT molecular complexity index is 598. The Kier molecular flexibility index (Phi) is 5.76. The van der Waals surface area contributed by atoms with E-state index >= 15 is 0 Å². The van der Waals surface area contributed by atoms with Crippen molar-refractivity contribution < 1.29 is 13.9 Å². The van der Waals surface area contributed by atoms with Crippen molar-refractivity contribution in [2.24, 2.45) is 5.92 Å². The van der Waals surface area contributed by atoms with Crippen LogP contribution in [0.15, 0.2) is 22.7 Å². The van der Waals surface area contributed by atoms with Gasteiger partial charge in [-0.3, -0.25) is 4.79 Å². The van der Waals surface area contributed by atoms with E-state index in [0.717, 1.165) is 48.1 Å². The first-order valence-electron chi connectivity index (χ1n) is 8.58. The molecular weight excluding hydrogens is 375 g/mol. The maximum absolute atomic E-state index is 14.0. The van der Waals surface area contributed by atoms with E-state index in [9.17, 15) is 9.18 Å². The van der Waals surface area contributed by atoms with Crippen molar-refractivity contribution in [1.29, 1.82) is 0 Å². The second-order valence-corrected chi connectivity index (χ2v) is 7.52. The lowest BCUT2D eigenvalue weighted by Crippen LogP contribution is -2.41. The number of amides is 1. The third kappa shape index (κ3) is 3.75. The van der Waals surface area contributed by atoms with E-state index in [2.05, 4.69) is 21.2 Å². The number of nitrogens with one attached hydrogen (secondary N) is 1. The van der Waals surface area contributed by atoms with E-state index in [1.165, 1.54) is 0 Å². The van der Waals surface area contributed by atoms with E-state index in [1.54, 1.807) is 7.11 Å². The first kappa shape index (κ1) is 17.7. The number of ether oxygens (including phenoxy) is 1. The quantitative estimate of drug-likeness (QED) is 0.843. The minimum absolute atomic E-state index is 0.0183. The number of halogens is 2. The van der Waals surface area contributed by atoms with Gasteiger partial charge in [0.05, 0.1) is 13.2 Å². The summed E-state index contributed by atoms with van der Waals surface area (Å²) in [5, 5.41) is 3.04. The summed E-state index contributed by atoms with van der Waals surface area (Å²) >= 11 is 3.50. The molecule has 3 atom stereocenters. The molecule has 3 unspecified atom stereocenters. The van der Waals surface area contributed by atoms with Gasteiger partial charge < -0.3 is 15.0 Å². The Morgan fingerprint density at radius 1 is 1.46 bits per heavy atom. The summed E-state index contributed by atoms with van der Waals surface area (Å²) in [6.07, 6.45) is 1.99. The summed E-state index contributed by atoms with van der Waals surface area (Å²) in [6.45, 7) is 1.89. The van der Waals surface area contributed by atoms with Crippen molar-refractivity contribution >= 4 is 21.8 Å². The monoisotopic (exact) mass is 398 g/mol. The van der Waals surface area contributed by atoms with Crippen LogP contribution in [0.1, 0.15) is 37.3 Å². The number of piperidine rings is 1. The first-order valence-corrected chi connectivity index (χ1v) is 9.37. The molecule has 2 heterocycles. The maximum Gasteiger partial charge on any atom is 0.223 e. The highest BCUT2D eigenvalue weighted by Gasteiger charge is 2.35. The van der Waals surface area contributed by atoms with Crippen LogP contribution in [0.4, 0.5) is 4.39 Å². The van der Waals surface area contributed by atoms with Crippen molar-refractivity contribution in [3.63, 3.8) is 0 Å². The van der Waals surface area contributed by atoms with Gasteiger partial charge in [0.2, 0.25) is 5.91 Å².